The predicted molar refractivity (Wildman–Crippen MR) is 214 cm³/mol. The smallest absolute Gasteiger partial charge is 0.419 e. The average Bonchev–Trinajstić information content (AvgIpc) is 3.51. The second kappa shape index (κ2) is 15.0. The Morgan fingerprint density at radius 2 is 1.84 bits per heavy atom. The van der Waals surface area contributed by atoms with Crippen LogP contribution in [0.25, 0.3) is 22.0 Å². The number of aryl methyl sites for hydroxylation is 1. The maximum atomic E-state index is 13.2. The fourth-order valence-corrected chi connectivity index (χ4v) is 8.73. The summed E-state index contributed by atoms with van der Waals surface area (Å²) in [6.45, 7) is 3.38. The van der Waals surface area contributed by atoms with Gasteiger partial charge in [-0.2, -0.15) is 0 Å². The summed E-state index contributed by atoms with van der Waals surface area (Å²) in [5.74, 6) is -0.0184. The first kappa shape index (κ1) is 37.1. The first-order valence-electron chi connectivity index (χ1n) is 19.3. The van der Waals surface area contributed by atoms with Crippen LogP contribution in [0.3, 0.4) is 0 Å². The number of phenolic OH excluding ortho intramolecular Hbond substituents is 1. The number of anilines is 1. The van der Waals surface area contributed by atoms with Crippen molar-refractivity contribution in [3.8, 4) is 17.2 Å². The van der Waals surface area contributed by atoms with Crippen molar-refractivity contribution in [1.29, 1.82) is 0 Å². The van der Waals surface area contributed by atoms with Crippen LogP contribution in [0.1, 0.15) is 85.3 Å². The molecule has 5 N–H and O–H groups in total. The number of aliphatic hydroxyl groups excluding tert-OH is 1. The SMILES string of the molecule is CN(CCCn1c(=O)oc2cc(CNC[C@H](O)c3ccc(O)c4[nH]c(=O)ccc34)ccc21)c1ccc(C2CCCCC2)c2c1Oc1ccccc1C2(C)C(=O)O. The van der Waals surface area contributed by atoms with Gasteiger partial charge < -0.3 is 39.7 Å². The number of carboxylic acid groups (broad SMARTS) is 1. The Morgan fingerprint density at radius 3 is 2.64 bits per heavy atom. The van der Waals surface area contributed by atoms with Gasteiger partial charge in [-0.15, -0.1) is 0 Å². The van der Waals surface area contributed by atoms with Crippen molar-refractivity contribution in [3.05, 3.63) is 128 Å². The summed E-state index contributed by atoms with van der Waals surface area (Å²) in [6.07, 6.45) is 5.19. The highest BCUT2D eigenvalue weighted by atomic mass is 16.5. The number of nitrogens with one attached hydrogen (secondary N) is 2. The lowest BCUT2D eigenvalue weighted by Crippen LogP contribution is -2.38. The zero-order valence-electron chi connectivity index (χ0n) is 31.5. The fourth-order valence-electron chi connectivity index (χ4n) is 8.73. The minimum absolute atomic E-state index is 0.0699. The number of hydrogen-bond donors (Lipinski definition) is 5. The number of fused-ring (bicyclic) bond motifs is 4. The van der Waals surface area contributed by atoms with Crippen LogP contribution in [-0.4, -0.2) is 51.0 Å². The van der Waals surface area contributed by atoms with Crippen molar-refractivity contribution in [3.63, 3.8) is 0 Å². The number of aromatic nitrogens is 2. The number of aliphatic hydroxyl groups is 1. The minimum Gasteiger partial charge on any atom is -0.506 e. The number of aromatic hydroxyl groups is 1. The number of aliphatic carboxylic acids is 1. The highest BCUT2D eigenvalue weighted by Gasteiger charge is 2.48. The Labute approximate surface area is 323 Å². The lowest BCUT2D eigenvalue weighted by molar-refractivity contribution is -0.141. The molecule has 56 heavy (non-hydrogen) atoms. The monoisotopic (exact) mass is 758 g/mol. The third kappa shape index (κ3) is 6.62. The molecule has 1 aliphatic heterocycles. The van der Waals surface area contributed by atoms with Gasteiger partial charge in [-0.05, 0) is 85.2 Å². The molecule has 0 bridgehead atoms. The lowest BCUT2D eigenvalue weighted by atomic mass is 9.68. The van der Waals surface area contributed by atoms with E-state index in [0.29, 0.717) is 65.2 Å². The van der Waals surface area contributed by atoms with E-state index in [9.17, 15) is 29.7 Å². The van der Waals surface area contributed by atoms with E-state index in [2.05, 4.69) is 27.3 Å². The second-order valence-electron chi connectivity index (χ2n) is 15.3. The Balaban J connectivity index is 0.966. The van der Waals surface area contributed by atoms with Gasteiger partial charge in [0.1, 0.15) is 16.9 Å². The number of hydrogen-bond acceptors (Lipinski definition) is 9. The molecule has 290 valence electrons. The summed E-state index contributed by atoms with van der Waals surface area (Å²) in [5.41, 5.74) is 4.48. The number of benzene rings is 4. The van der Waals surface area contributed by atoms with Crippen molar-refractivity contribution in [2.45, 2.75) is 76.0 Å². The summed E-state index contributed by atoms with van der Waals surface area (Å²) in [5, 5.41) is 35.7. The molecular weight excluding hydrogens is 713 g/mol. The van der Waals surface area contributed by atoms with Crippen molar-refractivity contribution >= 4 is 33.7 Å². The van der Waals surface area contributed by atoms with E-state index in [1.165, 1.54) is 18.6 Å². The summed E-state index contributed by atoms with van der Waals surface area (Å²) in [4.78, 5) is 42.7. The van der Waals surface area contributed by atoms with E-state index in [1.54, 1.807) is 23.6 Å². The van der Waals surface area contributed by atoms with Crippen LogP contribution in [0, 0.1) is 0 Å². The molecule has 1 fully saturated rings. The quantitative estimate of drug-likeness (QED) is 0.0873. The van der Waals surface area contributed by atoms with Gasteiger partial charge in [-0.3, -0.25) is 14.2 Å². The van der Waals surface area contributed by atoms with Crippen molar-refractivity contribution < 1.29 is 29.3 Å². The molecule has 0 saturated heterocycles. The third-order valence-corrected chi connectivity index (χ3v) is 11.7. The standard InChI is InChI=1S/C44H46N4O8/c1-44(42(52)53)31-11-6-7-12-36(31)55-41-33(18-14-28(39(41)44)27-9-4-3-5-10-27)47(2)21-8-22-48-32-17-13-26(23-37(32)56-43(48)54)24-45-25-35(50)29-15-19-34(49)40-30(29)16-20-38(51)46-40/h6-7,11-20,23,27,35,45,49-50H,3-5,8-10,21-22,24-25H2,1-2H3,(H,46,51)(H,52,53)/t35-,44?/m0/s1. The normalized spacial score (nSPS) is 17.3. The predicted octanol–water partition coefficient (Wildman–Crippen LogP) is 7.04. The Kier molecular flexibility index (Phi) is 9.94. The number of nitrogens with zero attached hydrogens (tertiary/aromatic N) is 2. The van der Waals surface area contributed by atoms with E-state index in [1.807, 2.05) is 49.5 Å². The van der Waals surface area contributed by atoms with Gasteiger partial charge in [-0.25, -0.2) is 4.79 Å². The molecule has 0 spiro atoms. The molecular formula is C44H46N4O8. The maximum absolute atomic E-state index is 13.2. The summed E-state index contributed by atoms with van der Waals surface area (Å²) < 4.78 is 13.9. The van der Waals surface area contributed by atoms with Crippen LogP contribution < -0.4 is 26.3 Å². The number of pyridine rings is 1. The number of rotatable bonds is 12. The van der Waals surface area contributed by atoms with Crippen LogP contribution in [0.5, 0.6) is 17.2 Å². The molecule has 6 aromatic rings. The van der Waals surface area contributed by atoms with Crippen LogP contribution in [-0.2, 0) is 23.3 Å². The molecule has 1 aliphatic carbocycles. The summed E-state index contributed by atoms with van der Waals surface area (Å²) >= 11 is 0. The lowest BCUT2D eigenvalue weighted by Gasteiger charge is -2.39. The number of oxazole rings is 1. The van der Waals surface area contributed by atoms with Gasteiger partial charge in [0, 0.05) is 55.8 Å². The Morgan fingerprint density at radius 1 is 1.04 bits per heavy atom. The summed E-state index contributed by atoms with van der Waals surface area (Å²) in [7, 11) is 1.97. The van der Waals surface area contributed by atoms with Crippen LogP contribution >= 0.6 is 0 Å². The molecule has 8 rings (SSSR count). The molecule has 2 atom stereocenters. The fraction of sp³-hybridized carbons (Fsp3) is 0.341. The van der Waals surface area contributed by atoms with Gasteiger partial charge in [-0.1, -0.05) is 55.7 Å². The zero-order chi connectivity index (χ0) is 39.1. The number of phenols is 1. The average molecular weight is 759 g/mol. The number of ether oxygens (including phenoxy) is 1. The number of aromatic amines is 1. The number of carboxylic acids is 1. The highest BCUT2D eigenvalue weighted by molar-refractivity contribution is 5.91. The molecule has 4 aromatic carbocycles. The van der Waals surface area contributed by atoms with Crippen molar-refractivity contribution in [2.75, 3.05) is 25.0 Å². The molecule has 1 saturated carbocycles. The van der Waals surface area contributed by atoms with Gasteiger partial charge in [0.25, 0.3) is 0 Å². The van der Waals surface area contributed by atoms with Gasteiger partial charge >= 0.3 is 11.7 Å². The van der Waals surface area contributed by atoms with Crippen molar-refractivity contribution in [2.24, 2.45) is 0 Å². The minimum atomic E-state index is -1.28. The molecule has 2 aliphatic rings. The largest absolute Gasteiger partial charge is 0.506 e. The molecule has 0 radical (unpaired) electrons. The maximum Gasteiger partial charge on any atom is 0.419 e. The van der Waals surface area contributed by atoms with Gasteiger partial charge in [0.05, 0.1) is 22.8 Å². The van der Waals surface area contributed by atoms with E-state index in [-0.39, 0.29) is 29.3 Å². The number of H-pyrrole nitrogens is 1. The molecule has 12 nitrogen and oxygen atoms in total. The first-order chi connectivity index (χ1) is 27.0. The third-order valence-electron chi connectivity index (χ3n) is 11.7. The van der Waals surface area contributed by atoms with E-state index in [0.717, 1.165) is 48.1 Å². The van der Waals surface area contributed by atoms with Gasteiger partial charge in [0.2, 0.25) is 5.56 Å². The molecule has 12 heteroatoms. The Bertz CT molecular complexity index is 2570. The number of carbonyl (C=O) groups is 1. The van der Waals surface area contributed by atoms with E-state index >= 15 is 0 Å². The van der Waals surface area contributed by atoms with Crippen LogP contribution in [0.2, 0.25) is 0 Å². The van der Waals surface area contributed by atoms with Gasteiger partial charge in [0.15, 0.2) is 11.3 Å². The first-order valence-corrected chi connectivity index (χ1v) is 19.3. The Hall–Kier alpha value is -5.85. The highest BCUT2D eigenvalue weighted by Crippen LogP contribution is 2.55. The molecule has 1 unspecified atom stereocenters. The topological polar surface area (TPSA) is 170 Å². The molecule has 0 amide bonds. The van der Waals surface area contributed by atoms with Crippen LogP contribution in [0.15, 0.2) is 92.9 Å². The number of para-hydroxylation sites is 1. The van der Waals surface area contributed by atoms with E-state index < -0.39 is 23.2 Å². The van der Waals surface area contributed by atoms with E-state index in [4.69, 9.17) is 9.15 Å². The second-order valence-corrected chi connectivity index (χ2v) is 15.3. The van der Waals surface area contributed by atoms with Crippen molar-refractivity contribution in [1.82, 2.24) is 14.9 Å². The molecule has 2 aromatic heterocycles. The molecule has 3 heterocycles. The summed E-state index contributed by atoms with van der Waals surface area (Å²) in [6, 6.07) is 23.2. The zero-order valence-corrected chi connectivity index (χ0v) is 31.5. The van der Waals surface area contributed by atoms with Crippen LogP contribution in [0.4, 0.5) is 5.69 Å².